The lowest BCUT2D eigenvalue weighted by Gasteiger charge is -2.35. The van der Waals surface area contributed by atoms with E-state index in [1.165, 1.54) is 16.5 Å². The van der Waals surface area contributed by atoms with Crippen LogP contribution in [0.15, 0.2) is 61.1 Å². The van der Waals surface area contributed by atoms with E-state index in [-0.39, 0.29) is 0 Å². The Bertz CT molecular complexity index is 1220. The second kappa shape index (κ2) is 9.14. The largest absolute Gasteiger partial charge is 0.472 e. The Hall–Kier alpha value is -3.16. The first-order valence-corrected chi connectivity index (χ1v) is 11.1. The lowest BCUT2D eigenvalue weighted by atomic mass is 10.1. The molecule has 0 bridgehead atoms. The average molecular weight is 449 g/mol. The molecule has 0 N–H and O–H groups in total. The topological polar surface area (TPSA) is 59.3 Å². The van der Waals surface area contributed by atoms with E-state index in [9.17, 15) is 0 Å². The molecule has 164 valence electrons. The van der Waals surface area contributed by atoms with Crippen molar-refractivity contribution >= 4 is 28.3 Å². The van der Waals surface area contributed by atoms with Crippen LogP contribution in [0.5, 0.6) is 5.88 Å². The third-order valence-corrected chi connectivity index (χ3v) is 6.03. The number of fused-ring (bicyclic) bond motifs is 1. The Morgan fingerprint density at radius 2 is 1.84 bits per heavy atom. The van der Waals surface area contributed by atoms with Crippen molar-refractivity contribution in [2.75, 3.05) is 31.1 Å². The van der Waals surface area contributed by atoms with Gasteiger partial charge < -0.3 is 9.64 Å². The fourth-order valence-corrected chi connectivity index (χ4v) is 4.24. The maximum atomic E-state index is 6.05. The standard InChI is InChI=1S/C24H25ClN6O/c1-29-22-12-18(5-6-20(22)13-27-29)16-30-7-9-31(10-8-30)23-14-26-15-24(28-23)32-17-19-3-2-4-21(25)11-19/h2-6,11-15H,7-10,16-17H2,1H3. The van der Waals surface area contributed by atoms with Crippen LogP contribution in [0.4, 0.5) is 5.82 Å². The van der Waals surface area contributed by atoms with Gasteiger partial charge in [0.2, 0.25) is 5.88 Å². The summed E-state index contributed by atoms with van der Waals surface area (Å²) in [7, 11) is 1.98. The number of nitrogens with zero attached hydrogens (tertiary/aromatic N) is 6. The third-order valence-electron chi connectivity index (χ3n) is 5.79. The zero-order valence-corrected chi connectivity index (χ0v) is 18.7. The molecule has 7 nitrogen and oxygen atoms in total. The van der Waals surface area contributed by atoms with Crippen molar-refractivity contribution in [2.45, 2.75) is 13.2 Å². The number of rotatable bonds is 6. The second-order valence-electron chi connectivity index (χ2n) is 8.06. The first-order valence-electron chi connectivity index (χ1n) is 10.7. The van der Waals surface area contributed by atoms with Gasteiger partial charge in [0.25, 0.3) is 0 Å². The van der Waals surface area contributed by atoms with Gasteiger partial charge in [-0.3, -0.25) is 14.6 Å². The van der Waals surface area contributed by atoms with Gasteiger partial charge in [-0.15, -0.1) is 0 Å². The van der Waals surface area contributed by atoms with Crippen molar-refractivity contribution in [3.8, 4) is 5.88 Å². The number of benzene rings is 2. The number of aromatic nitrogens is 4. The maximum absolute atomic E-state index is 6.05. The van der Waals surface area contributed by atoms with Crippen LogP contribution in [0.3, 0.4) is 0 Å². The van der Waals surface area contributed by atoms with Gasteiger partial charge in [0.05, 0.1) is 24.1 Å². The van der Waals surface area contributed by atoms with E-state index in [0.29, 0.717) is 17.5 Å². The molecule has 0 saturated carbocycles. The summed E-state index contributed by atoms with van der Waals surface area (Å²) in [6.45, 7) is 5.09. The molecule has 1 aliphatic heterocycles. The van der Waals surface area contributed by atoms with Gasteiger partial charge >= 0.3 is 0 Å². The molecular weight excluding hydrogens is 424 g/mol. The Kier molecular flexibility index (Phi) is 5.92. The molecule has 0 amide bonds. The fraction of sp³-hybridized carbons (Fsp3) is 0.292. The molecule has 0 spiro atoms. The van der Waals surface area contributed by atoms with E-state index >= 15 is 0 Å². The van der Waals surface area contributed by atoms with Crippen LogP contribution >= 0.6 is 11.6 Å². The Morgan fingerprint density at radius 3 is 2.69 bits per heavy atom. The van der Waals surface area contributed by atoms with E-state index < -0.39 is 0 Å². The molecule has 3 heterocycles. The highest BCUT2D eigenvalue weighted by Crippen LogP contribution is 2.20. The van der Waals surface area contributed by atoms with Crippen LogP contribution in [0.1, 0.15) is 11.1 Å². The molecular formula is C24H25ClN6O. The third kappa shape index (κ3) is 4.69. The van der Waals surface area contributed by atoms with Crippen molar-refractivity contribution in [1.82, 2.24) is 24.6 Å². The first-order chi connectivity index (χ1) is 15.6. The number of hydrogen-bond acceptors (Lipinski definition) is 6. The smallest absolute Gasteiger partial charge is 0.234 e. The molecule has 2 aromatic heterocycles. The Labute approximate surface area is 192 Å². The molecule has 5 rings (SSSR count). The first kappa shape index (κ1) is 20.7. The number of aryl methyl sites for hydroxylation is 1. The lowest BCUT2D eigenvalue weighted by molar-refractivity contribution is 0.248. The van der Waals surface area contributed by atoms with Gasteiger partial charge in [0.1, 0.15) is 6.61 Å². The van der Waals surface area contributed by atoms with E-state index in [1.54, 1.807) is 12.4 Å². The lowest BCUT2D eigenvalue weighted by Crippen LogP contribution is -2.46. The molecule has 1 fully saturated rings. The molecule has 0 aliphatic carbocycles. The van der Waals surface area contributed by atoms with Gasteiger partial charge in [0.15, 0.2) is 5.82 Å². The minimum absolute atomic E-state index is 0.410. The van der Waals surface area contributed by atoms with E-state index in [2.05, 4.69) is 43.1 Å². The number of hydrogen-bond donors (Lipinski definition) is 0. The van der Waals surface area contributed by atoms with Gasteiger partial charge in [-0.25, -0.2) is 0 Å². The van der Waals surface area contributed by atoms with Gasteiger partial charge in [-0.05, 0) is 29.3 Å². The highest BCUT2D eigenvalue weighted by atomic mass is 35.5. The van der Waals surface area contributed by atoms with Crippen LogP contribution in [0.25, 0.3) is 10.9 Å². The number of anilines is 1. The predicted molar refractivity (Wildman–Crippen MR) is 126 cm³/mol. The quantitative estimate of drug-likeness (QED) is 0.445. The van der Waals surface area contributed by atoms with Crippen molar-refractivity contribution < 1.29 is 4.74 Å². The normalized spacial score (nSPS) is 14.8. The highest BCUT2D eigenvalue weighted by molar-refractivity contribution is 6.30. The van der Waals surface area contributed by atoms with Crippen LogP contribution < -0.4 is 9.64 Å². The van der Waals surface area contributed by atoms with E-state index in [0.717, 1.165) is 44.1 Å². The molecule has 0 radical (unpaired) electrons. The monoisotopic (exact) mass is 448 g/mol. The summed E-state index contributed by atoms with van der Waals surface area (Å²) in [5.41, 5.74) is 3.49. The minimum atomic E-state index is 0.410. The van der Waals surface area contributed by atoms with Gasteiger partial charge in [0, 0.05) is 50.2 Å². The van der Waals surface area contributed by atoms with Crippen LogP contribution in [0.2, 0.25) is 5.02 Å². The number of piperazine rings is 1. The number of ether oxygens (including phenoxy) is 1. The zero-order chi connectivity index (χ0) is 21.9. The Balaban J connectivity index is 1.17. The molecule has 0 atom stereocenters. The minimum Gasteiger partial charge on any atom is -0.472 e. The summed E-state index contributed by atoms with van der Waals surface area (Å²) in [4.78, 5) is 13.7. The van der Waals surface area contributed by atoms with E-state index in [1.807, 2.05) is 42.2 Å². The van der Waals surface area contributed by atoms with Crippen LogP contribution in [0, 0.1) is 0 Å². The maximum Gasteiger partial charge on any atom is 0.234 e. The van der Waals surface area contributed by atoms with E-state index in [4.69, 9.17) is 16.3 Å². The van der Waals surface area contributed by atoms with Crippen molar-refractivity contribution in [3.05, 3.63) is 77.2 Å². The van der Waals surface area contributed by atoms with Crippen LogP contribution in [-0.2, 0) is 20.2 Å². The summed E-state index contributed by atoms with van der Waals surface area (Å²) in [5, 5.41) is 6.21. The fourth-order valence-electron chi connectivity index (χ4n) is 4.03. The molecule has 2 aromatic carbocycles. The molecule has 1 aliphatic rings. The van der Waals surface area contributed by atoms with Crippen molar-refractivity contribution in [3.63, 3.8) is 0 Å². The molecule has 0 unspecified atom stereocenters. The zero-order valence-electron chi connectivity index (χ0n) is 18.0. The molecule has 8 heteroatoms. The average Bonchev–Trinajstić information content (AvgIpc) is 3.19. The van der Waals surface area contributed by atoms with Crippen molar-refractivity contribution in [1.29, 1.82) is 0 Å². The SMILES string of the molecule is Cn1ncc2ccc(CN3CCN(c4cncc(OCc5cccc(Cl)c5)n4)CC3)cc21. The van der Waals surface area contributed by atoms with Gasteiger partial charge in [-0.1, -0.05) is 35.9 Å². The van der Waals surface area contributed by atoms with Crippen LogP contribution in [-0.4, -0.2) is 50.8 Å². The summed E-state index contributed by atoms with van der Waals surface area (Å²) < 4.78 is 7.77. The predicted octanol–water partition coefficient (Wildman–Crippen LogP) is 3.92. The Morgan fingerprint density at radius 1 is 0.969 bits per heavy atom. The number of halogens is 1. The highest BCUT2D eigenvalue weighted by Gasteiger charge is 2.19. The van der Waals surface area contributed by atoms with Gasteiger partial charge in [-0.2, -0.15) is 10.1 Å². The second-order valence-corrected chi connectivity index (χ2v) is 8.50. The summed E-state index contributed by atoms with van der Waals surface area (Å²) in [5.74, 6) is 1.37. The summed E-state index contributed by atoms with van der Waals surface area (Å²) in [6, 6.07) is 14.2. The molecule has 1 saturated heterocycles. The summed E-state index contributed by atoms with van der Waals surface area (Å²) >= 11 is 6.05. The molecule has 4 aromatic rings. The summed E-state index contributed by atoms with van der Waals surface area (Å²) in [6.07, 6.45) is 5.36. The van der Waals surface area contributed by atoms with Crippen molar-refractivity contribution in [2.24, 2.45) is 7.05 Å². The molecule has 32 heavy (non-hydrogen) atoms.